The van der Waals surface area contributed by atoms with Crippen molar-refractivity contribution >= 4 is 17.8 Å². The molecule has 1 aliphatic rings. The van der Waals surface area contributed by atoms with Gasteiger partial charge in [0, 0.05) is 25.3 Å². The second-order valence-corrected chi connectivity index (χ2v) is 5.69. The first-order valence-corrected chi connectivity index (χ1v) is 8.23. The summed E-state index contributed by atoms with van der Waals surface area (Å²) in [6.07, 6.45) is 1.44. The molecule has 1 saturated heterocycles. The molecular weight excluding hydrogens is 310 g/mol. The molecule has 1 aromatic rings. The topological polar surface area (TPSA) is 79.9 Å². The molecule has 1 heterocycles. The van der Waals surface area contributed by atoms with E-state index in [1.165, 1.54) is 7.11 Å². The Labute approximate surface area is 142 Å². The van der Waals surface area contributed by atoms with Crippen LogP contribution in [0.3, 0.4) is 0 Å². The molecule has 0 atom stereocenters. The molecule has 0 aromatic heterocycles. The summed E-state index contributed by atoms with van der Waals surface area (Å²) in [5.41, 5.74) is 0.719. The third-order valence-corrected chi connectivity index (χ3v) is 4.02. The van der Waals surface area contributed by atoms with Crippen molar-refractivity contribution in [3.63, 3.8) is 0 Å². The van der Waals surface area contributed by atoms with Gasteiger partial charge in [-0.15, -0.1) is 0 Å². The monoisotopic (exact) mass is 335 g/mol. The van der Waals surface area contributed by atoms with E-state index in [0.29, 0.717) is 32.2 Å². The summed E-state index contributed by atoms with van der Waals surface area (Å²) in [5, 5.41) is 5.68. The quantitative estimate of drug-likeness (QED) is 0.867. The Bertz CT molecular complexity index is 539. The van der Waals surface area contributed by atoms with Gasteiger partial charge in [-0.3, -0.25) is 0 Å². The summed E-state index contributed by atoms with van der Waals surface area (Å²) in [6, 6.07) is 7.02. The summed E-state index contributed by atoms with van der Waals surface area (Å²) >= 11 is 0. The molecule has 7 heteroatoms. The molecule has 0 spiro atoms. The van der Waals surface area contributed by atoms with Gasteiger partial charge in [-0.2, -0.15) is 0 Å². The fourth-order valence-corrected chi connectivity index (χ4v) is 2.66. The first-order chi connectivity index (χ1) is 11.6. The number of amides is 3. The molecule has 3 amide bonds. The third-order valence-electron chi connectivity index (χ3n) is 4.02. The van der Waals surface area contributed by atoms with Crippen molar-refractivity contribution in [2.45, 2.75) is 19.8 Å². The maximum atomic E-state index is 11.9. The second kappa shape index (κ2) is 9.00. The average Bonchev–Trinajstić information content (AvgIpc) is 2.61. The van der Waals surface area contributed by atoms with E-state index >= 15 is 0 Å². The predicted octanol–water partition coefficient (Wildman–Crippen LogP) is 2.69. The first-order valence-electron chi connectivity index (χ1n) is 8.23. The molecule has 0 bridgehead atoms. The Morgan fingerprint density at radius 3 is 2.46 bits per heavy atom. The maximum absolute atomic E-state index is 11.9. The van der Waals surface area contributed by atoms with Crippen LogP contribution >= 0.6 is 0 Å². The van der Waals surface area contributed by atoms with Crippen LogP contribution in [0, 0.1) is 5.92 Å². The van der Waals surface area contributed by atoms with Crippen LogP contribution < -0.4 is 15.4 Å². The highest BCUT2D eigenvalue weighted by atomic mass is 16.5. The second-order valence-electron chi connectivity index (χ2n) is 5.69. The molecule has 0 radical (unpaired) electrons. The summed E-state index contributed by atoms with van der Waals surface area (Å²) in [6.45, 7) is 4.47. The van der Waals surface area contributed by atoms with Crippen molar-refractivity contribution in [1.29, 1.82) is 0 Å². The van der Waals surface area contributed by atoms with E-state index in [1.54, 1.807) is 17.0 Å². The minimum absolute atomic E-state index is 0.227. The largest absolute Gasteiger partial charge is 0.494 e. The van der Waals surface area contributed by atoms with Crippen LogP contribution in [0.15, 0.2) is 24.3 Å². The zero-order valence-corrected chi connectivity index (χ0v) is 14.2. The SMILES string of the molecule is CCOc1ccc(NC(=O)NCC2CCN(C(=O)OC)CC2)cc1. The van der Waals surface area contributed by atoms with Gasteiger partial charge < -0.3 is 25.0 Å². The van der Waals surface area contributed by atoms with E-state index in [4.69, 9.17) is 9.47 Å². The van der Waals surface area contributed by atoms with Crippen molar-refractivity contribution in [3.05, 3.63) is 24.3 Å². The smallest absolute Gasteiger partial charge is 0.409 e. The fraction of sp³-hybridized carbons (Fsp3) is 0.529. The van der Waals surface area contributed by atoms with E-state index in [-0.39, 0.29) is 12.1 Å². The molecule has 0 aliphatic carbocycles. The number of likely N-dealkylation sites (tertiary alicyclic amines) is 1. The van der Waals surface area contributed by atoms with Gasteiger partial charge in [0.1, 0.15) is 5.75 Å². The van der Waals surface area contributed by atoms with Crippen LogP contribution in [-0.4, -0.2) is 50.4 Å². The van der Waals surface area contributed by atoms with Crippen LogP contribution in [0.2, 0.25) is 0 Å². The predicted molar refractivity (Wildman–Crippen MR) is 91.3 cm³/mol. The molecule has 0 unspecified atom stereocenters. The number of urea groups is 1. The Hall–Kier alpha value is -2.44. The van der Waals surface area contributed by atoms with Gasteiger partial charge in [0.05, 0.1) is 13.7 Å². The Balaban J connectivity index is 1.69. The number of carbonyl (C=O) groups is 2. The molecule has 1 aromatic carbocycles. The van der Waals surface area contributed by atoms with E-state index < -0.39 is 0 Å². The van der Waals surface area contributed by atoms with Crippen LogP contribution in [0.5, 0.6) is 5.75 Å². The standard InChI is InChI=1S/C17H25N3O4/c1-3-24-15-6-4-14(5-7-15)19-16(21)18-12-13-8-10-20(11-9-13)17(22)23-2/h4-7,13H,3,8-12H2,1-2H3,(H2,18,19,21). The minimum Gasteiger partial charge on any atom is -0.494 e. The van der Waals surface area contributed by atoms with Gasteiger partial charge in [-0.25, -0.2) is 9.59 Å². The van der Waals surface area contributed by atoms with Crippen molar-refractivity contribution in [2.24, 2.45) is 5.92 Å². The van der Waals surface area contributed by atoms with E-state index in [9.17, 15) is 9.59 Å². The highest BCUT2D eigenvalue weighted by Gasteiger charge is 2.23. The number of benzene rings is 1. The van der Waals surface area contributed by atoms with Crippen LogP contribution in [0.1, 0.15) is 19.8 Å². The van der Waals surface area contributed by atoms with Gasteiger partial charge >= 0.3 is 12.1 Å². The molecule has 24 heavy (non-hydrogen) atoms. The van der Waals surface area contributed by atoms with E-state index in [1.807, 2.05) is 19.1 Å². The van der Waals surface area contributed by atoms with Gasteiger partial charge in [0.15, 0.2) is 0 Å². The first kappa shape index (κ1) is 17.9. The summed E-state index contributed by atoms with van der Waals surface area (Å²) in [4.78, 5) is 25.1. The summed E-state index contributed by atoms with van der Waals surface area (Å²) in [5.74, 6) is 1.15. The lowest BCUT2D eigenvalue weighted by Gasteiger charge is -2.30. The third kappa shape index (κ3) is 5.33. The molecule has 132 valence electrons. The molecule has 1 fully saturated rings. The number of carbonyl (C=O) groups excluding carboxylic acids is 2. The number of anilines is 1. The number of nitrogens with zero attached hydrogens (tertiary/aromatic N) is 1. The molecular formula is C17H25N3O4. The van der Waals surface area contributed by atoms with Crippen molar-refractivity contribution in [2.75, 3.05) is 38.7 Å². The van der Waals surface area contributed by atoms with Gasteiger partial charge in [-0.1, -0.05) is 0 Å². The van der Waals surface area contributed by atoms with Crippen molar-refractivity contribution in [3.8, 4) is 5.75 Å². The number of nitrogens with one attached hydrogen (secondary N) is 2. The minimum atomic E-state index is -0.283. The lowest BCUT2D eigenvalue weighted by Crippen LogP contribution is -2.42. The van der Waals surface area contributed by atoms with E-state index in [2.05, 4.69) is 10.6 Å². The number of piperidine rings is 1. The molecule has 2 rings (SSSR count). The molecule has 7 nitrogen and oxygen atoms in total. The fourth-order valence-electron chi connectivity index (χ4n) is 2.66. The van der Waals surface area contributed by atoms with Crippen LogP contribution in [0.25, 0.3) is 0 Å². The lowest BCUT2D eigenvalue weighted by molar-refractivity contribution is 0.106. The van der Waals surface area contributed by atoms with Gasteiger partial charge in [0.2, 0.25) is 0 Å². The molecule has 0 saturated carbocycles. The maximum Gasteiger partial charge on any atom is 0.409 e. The number of methoxy groups -OCH3 is 1. The van der Waals surface area contributed by atoms with Gasteiger partial charge in [0.25, 0.3) is 0 Å². The Morgan fingerprint density at radius 2 is 1.88 bits per heavy atom. The molecule has 2 N–H and O–H groups in total. The number of hydrogen-bond donors (Lipinski definition) is 2. The summed E-state index contributed by atoms with van der Waals surface area (Å²) in [7, 11) is 1.39. The Kier molecular flexibility index (Phi) is 6.72. The Morgan fingerprint density at radius 1 is 1.21 bits per heavy atom. The number of hydrogen-bond acceptors (Lipinski definition) is 4. The summed E-state index contributed by atoms with van der Waals surface area (Å²) < 4.78 is 10.1. The lowest BCUT2D eigenvalue weighted by atomic mass is 9.97. The van der Waals surface area contributed by atoms with Crippen molar-refractivity contribution in [1.82, 2.24) is 10.2 Å². The number of ether oxygens (including phenoxy) is 2. The highest BCUT2D eigenvalue weighted by Crippen LogP contribution is 2.18. The van der Waals surface area contributed by atoms with Crippen molar-refractivity contribution < 1.29 is 19.1 Å². The highest BCUT2D eigenvalue weighted by molar-refractivity contribution is 5.89. The van der Waals surface area contributed by atoms with E-state index in [0.717, 1.165) is 24.3 Å². The normalized spacial score (nSPS) is 14.8. The van der Waals surface area contributed by atoms with Crippen LogP contribution in [0.4, 0.5) is 15.3 Å². The number of rotatable bonds is 5. The average molecular weight is 335 g/mol. The van der Waals surface area contributed by atoms with Crippen LogP contribution in [-0.2, 0) is 4.74 Å². The zero-order valence-electron chi connectivity index (χ0n) is 14.2. The zero-order chi connectivity index (χ0) is 17.4. The van der Waals surface area contributed by atoms with Gasteiger partial charge in [-0.05, 0) is 49.9 Å². The molecule has 1 aliphatic heterocycles.